The van der Waals surface area contributed by atoms with E-state index in [1.807, 2.05) is 0 Å². The number of ketones is 1. The van der Waals surface area contributed by atoms with Gasteiger partial charge in [-0.3, -0.25) is 4.79 Å². The normalized spacial score (nSPS) is 14.2. The van der Waals surface area contributed by atoms with E-state index in [2.05, 4.69) is 0 Å². The van der Waals surface area contributed by atoms with Crippen LogP contribution in [0.1, 0.15) is 46.8 Å². The maximum Gasteiger partial charge on any atom is 0.400 e. The van der Waals surface area contributed by atoms with Gasteiger partial charge in [0.15, 0.2) is 11.7 Å². The molecule has 0 heterocycles. The summed E-state index contributed by atoms with van der Waals surface area (Å²) in [5.74, 6) is -10.1. The van der Waals surface area contributed by atoms with Crippen LogP contribution in [0.25, 0.3) is 0 Å². The number of halogens is 5. The van der Waals surface area contributed by atoms with Crippen molar-refractivity contribution in [3.63, 3.8) is 0 Å². The molecule has 2 atom stereocenters. The number of benzene rings is 1. The Labute approximate surface area is 181 Å². The van der Waals surface area contributed by atoms with E-state index in [1.165, 1.54) is 6.07 Å². The molecule has 6 radical (unpaired) electrons. The summed E-state index contributed by atoms with van der Waals surface area (Å²) in [6.07, 6.45) is -9.20. The summed E-state index contributed by atoms with van der Waals surface area (Å²) in [6, 6.07) is 3.16. The highest BCUT2D eigenvalue weighted by molar-refractivity contribution is 6.12. The van der Waals surface area contributed by atoms with Crippen molar-refractivity contribution in [3.05, 3.63) is 34.4 Å². The molecule has 164 valence electrons. The van der Waals surface area contributed by atoms with E-state index < -0.39 is 48.9 Å². The minimum absolute atomic E-state index is 0.0173. The van der Waals surface area contributed by atoms with Crippen LogP contribution in [-0.2, 0) is 28.5 Å². The number of hydrogen-bond donors (Lipinski definition) is 1. The van der Waals surface area contributed by atoms with Gasteiger partial charge in [-0.2, -0.15) is 13.2 Å². The summed E-state index contributed by atoms with van der Waals surface area (Å²) in [4.78, 5) is 24.2. The molecule has 12 heteroatoms. The Morgan fingerprint density at radius 1 is 1.06 bits per heavy atom. The molecule has 1 aromatic carbocycles. The highest BCUT2D eigenvalue weighted by atomic mass is 19.4. The minimum atomic E-state index is -5.48. The molecule has 0 amide bonds. The molecule has 0 spiro atoms. The van der Waals surface area contributed by atoms with E-state index in [-0.39, 0.29) is 37.9 Å². The monoisotopic (exact) mass is 440 g/mol. The summed E-state index contributed by atoms with van der Waals surface area (Å²) in [5.41, 5.74) is 1.74. The number of hydrogen-bond acceptors (Lipinski definition) is 4. The van der Waals surface area contributed by atoms with Gasteiger partial charge in [-0.15, -0.1) is 0 Å². The van der Waals surface area contributed by atoms with Crippen molar-refractivity contribution in [1.82, 2.24) is 0 Å². The molecule has 0 saturated heterocycles. The predicted molar refractivity (Wildman–Crippen MR) is 106 cm³/mol. The first-order valence-electron chi connectivity index (χ1n) is 9.35. The van der Waals surface area contributed by atoms with Crippen molar-refractivity contribution in [1.29, 1.82) is 0 Å². The standard InChI is InChI=1S/C19H20B3F5O4/c1-18(23,24)16(19(25,26)27)15(29)14(28)3-2-4-31-17(30)12-6-10(7-20)5-11(8-21)13(12)9-22/h5-6,15-16,29H,2-4,7-9H2,1H3. The van der Waals surface area contributed by atoms with Crippen molar-refractivity contribution in [2.24, 2.45) is 5.92 Å². The number of carbonyl (C=O) groups excluding carboxylic acids is 2. The lowest BCUT2D eigenvalue weighted by Gasteiger charge is -2.29. The number of ether oxygens (including phenoxy) is 1. The van der Waals surface area contributed by atoms with Crippen molar-refractivity contribution in [3.8, 4) is 0 Å². The molecule has 2 unspecified atom stereocenters. The third kappa shape index (κ3) is 7.37. The average Bonchev–Trinajstić information content (AvgIpc) is 2.67. The molecule has 0 aromatic heterocycles. The van der Waals surface area contributed by atoms with Crippen LogP contribution in [0.2, 0.25) is 0 Å². The second-order valence-electron chi connectivity index (χ2n) is 7.02. The number of aliphatic hydroxyl groups excluding tert-OH is 1. The van der Waals surface area contributed by atoms with Crippen LogP contribution in [0.3, 0.4) is 0 Å². The van der Waals surface area contributed by atoms with Gasteiger partial charge in [0.25, 0.3) is 5.92 Å². The number of esters is 1. The SMILES string of the molecule is [B]Cc1cc(C[B])c(C[B])c(C(=O)OCCCC(=O)C(O)C(C(C)(F)F)C(F)(F)F)c1. The fraction of sp³-hybridized carbons (Fsp3) is 0.579. The summed E-state index contributed by atoms with van der Waals surface area (Å²) in [5, 5.41) is 9.52. The Morgan fingerprint density at radius 3 is 2.13 bits per heavy atom. The molecular formula is C19H20B3F5O4. The molecule has 0 aliphatic rings. The van der Waals surface area contributed by atoms with Gasteiger partial charge in [-0.25, -0.2) is 13.6 Å². The topological polar surface area (TPSA) is 63.6 Å². The van der Waals surface area contributed by atoms with Gasteiger partial charge in [-0.1, -0.05) is 36.2 Å². The quantitative estimate of drug-likeness (QED) is 0.249. The van der Waals surface area contributed by atoms with Gasteiger partial charge in [0.2, 0.25) is 0 Å². The Kier molecular flexibility index (Phi) is 9.79. The van der Waals surface area contributed by atoms with E-state index in [0.717, 1.165) is 0 Å². The fourth-order valence-electron chi connectivity index (χ4n) is 3.09. The first-order valence-corrected chi connectivity index (χ1v) is 9.35. The number of aliphatic hydroxyl groups is 1. The Balaban J connectivity index is 2.77. The van der Waals surface area contributed by atoms with Gasteiger partial charge in [0.1, 0.15) is 6.10 Å². The zero-order chi connectivity index (χ0) is 24.0. The lowest BCUT2D eigenvalue weighted by Crippen LogP contribution is -2.48. The summed E-state index contributed by atoms with van der Waals surface area (Å²) >= 11 is 0. The van der Waals surface area contributed by atoms with Gasteiger partial charge < -0.3 is 9.84 Å². The number of Topliss-reactive ketones (excluding diaryl/α,β-unsaturated/α-hetero) is 1. The minimum Gasteiger partial charge on any atom is -0.462 e. The van der Waals surface area contributed by atoms with Gasteiger partial charge in [0, 0.05) is 13.3 Å². The van der Waals surface area contributed by atoms with Crippen molar-refractivity contribution in [2.75, 3.05) is 6.61 Å². The zero-order valence-corrected chi connectivity index (χ0v) is 16.8. The van der Waals surface area contributed by atoms with Crippen molar-refractivity contribution >= 4 is 35.3 Å². The third-order valence-corrected chi connectivity index (χ3v) is 4.63. The molecule has 4 nitrogen and oxygen atoms in total. The van der Waals surface area contributed by atoms with Crippen LogP contribution in [0.4, 0.5) is 22.0 Å². The van der Waals surface area contributed by atoms with Crippen LogP contribution < -0.4 is 0 Å². The van der Waals surface area contributed by atoms with Crippen LogP contribution >= 0.6 is 0 Å². The second kappa shape index (κ2) is 11.2. The molecule has 0 bridgehead atoms. The molecule has 1 N–H and O–H groups in total. The molecule has 0 saturated carbocycles. The Hall–Kier alpha value is -1.84. The van der Waals surface area contributed by atoms with Crippen molar-refractivity contribution in [2.45, 2.75) is 56.9 Å². The number of rotatable bonds is 11. The molecule has 0 aliphatic heterocycles. The zero-order valence-electron chi connectivity index (χ0n) is 16.8. The maximum absolute atomic E-state index is 13.2. The molecule has 0 aliphatic carbocycles. The van der Waals surface area contributed by atoms with E-state index in [4.69, 9.17) is 28.3 Å². The first kappa shape index (κ1) is 27.2. The lowest BCUT2D eigenvalue weighted by atomic mass is 9.81. The first-order chi connectivity index (χ1) is 14.3. The van der Waals surface area contributed by atoms with E-state index in [9.17, 15) is 36.6 Å². The van der Waals surface area contributed by atoms with E-state index >= 15 is 0 Å². The predicted octanol–water partition coefficient (Wildman–Crippen LogP) is 2.39. The number of alkyl halides is 5. The van der Waals surface area contributed by atoms with Gasteiger partial charge in [-0.05, 0) is 18.1 Å². The van der Waals surface area contributed by atoms with Crippen LogP contribution in [0.15, 0.2) is 12.1 Å². The molecule has 1 aromatic rings. The van der Waals surface area contributed by atoms with E-state index in [1.54, 1.807) is 6.07 Å². The molecule has 0 fully saturated rings. The number of carbonyl (C=O) groups is 2. The van der Waals surface area contributed by atoms with Crippen LogP contribution in [-0.4, -0.2) is 65.2 Å². The van der Waals surface area contributed by atoms with Gasteiger partial charge in [0.05, 0.1) is 35.7 Å². The molecule has 31 heavy (non-hydrogen) atoms. The summed E-state index contributed by atoms with van der Waals surface area (Å²) in [6.45, 7) is -0.422. The molecule has 1 rings (SSSR count). The third-order valence-electron chi connectivity index (χ3n) is 4.63. The lowest BCUT2D eigenvalue weighted by molar-refractivity contribution is -0.257. The van der Waals surface area contributed by atoms with E-state index in [0.29, 0.717) is 16.7 Å². The fourth-order valence-corrected chi connectivity index (χ4v) is 3.09. The highest BCUT2D eigenvalue weighted by Crippen LogP contribution is 2.40. The highest BCUT2D eigenvalue weighted by Gasteiger charge is 2.58. The Bertz CT molecular complexity index is 767. The summed E-state index contributed by atoms with van der Waals surface area (Å²) in [7, 11) is 16.9. The smallest absolute Gasteiger partial charge is 0.400 e. The van der Waals surface area contributed by atoms with Crippen LogP contribution in [0, 0.1) is 5.92 Å². The van der Waals surface area contributed by atoms with Crippen LogP contribution in [0.5, 0.6) is 0 Å². The molecular weight excluding hydrogens is 420 g/mol. The Morgan fingerprint density at radius 2 is 1.68 bits per heavy atom. The largest absolute Gasteiger partial charge is 0.462 e. The summed E-state index contributed by atoms with van der Waals surface area (Å²) < 4.78 is 69.9. The van der Waals surface area contributed by atoms with Gasteiger partial charge >= 0.3 is 12.1 Å². The maximum atomic E-state index is 13.2. The second-order valence-corrected chi connectivity index (χ2v) is 7.02. The average molecular weight is 440 g/mol. The van der Waals surface area contributed by atoms with Crippen molar-refractivity contribution < 1.29 is 41.4 Å².